The second-order valence-electron chi connectivity index (χ2n) is 4.77. The molecule has 0 fully saturated rings. The predicted octanol–water partition coefficient (Wildman–Crippen LogP) is 1.36. The smallest absolute Gasteiger partial charge is 0.130 e. The highest BCUT2D eigenvalue weighted by Gasteiger charge is 2.14. The molecule has 2 heterocycles. The van der Waals surface area contributed by atoms with Gasteiger partial charge in [-0.1, -0.05) is 24.3 Å². The summed E-state index contributed by atoms with van der Waals surface area (Å²) in [5.41, 5.74) is 9.18. The summed E-state index contributed by atoms with van der Waals surface area (Å²) < 4.78 is 1.68. The zero-order valence-corrected chi connectivity index (χ0v) is 11.2. The van der Waals surface area contributed by atoms with E-state index < -0.39 is 0 Å². The van der Waals surface area contributed by atoms with Gasteiger partial charge in [0.1, 0.15) is 11.7 Å². The van der Waals surface area contributed by atoms with Crippen molar-refractivity contribution in [2.75, 3.05) is 25.9 Å². The highest BCUT2D eigenvalue weighted by Crippen LogP contribution is 2.25. The molecule has 2 N–H and O–H groups in total. The van der Waals surface area contributed by atoms with Crippen molar-refractivity contribution in [3.05, 3.63) is 36.0 Å². The van der Waals surface area contributed by atoms with Crippen LogP contribution in [0.3, 0.4) is 0 Å². The molecule has 0 unspecified atom stereocenters. The highest BCUT2D eigenvalue weighted by atomic mass is 15.3. The second kappa shape index (κ2) is 4.42. The van der Waals surface area contributed by atoms with Crippen molar-refractivity contribution in [2.45, 2.75) is 0 Å². The van der Waals surface area contributed by atoms with Gasteiger partial charge in [0, 0.05) is 31.8 Å². The first-order chi connectivity index (χ1) is 9.16. The number of aliphatic imine (C=N–C) groups is 1. The number of aryl methyl sites for hydroxylation is 1. The Morgan fingerprint density at radius 2 is 1.79 bits per heavy atom. The van der Waals surface area contributed by atoms with Crippen LogP contribution in [0, 0.1) is 0 Å². The zero-order valence-electron chi connectivity index (χ0n) is 11.2. The van der Waals surface area contributed by atoms with Gasteiger partial charge in [-0.25, -0.2) is 0 Å². The molecule has 0 spiro atoms. The summed E-state index contributed by atoms with van der Waals surface area (Å²) in [5, 5.41) is 4.16. The predicted molar refractivity (Wildman–Crippen MR) is 77.1 cm³/mol. The van der Waals surface area contributed by atoms with Crippen molar-refractivity contribution in [3.8, 4) is 11.1 Å². The molecule has 19 heavy (non-hydrogen) atoms. The fourth-order valence-electron chi connectivity index (χ4n) is 2.31. The van der Waals surface area contributed by atoms with E-state index in [0.29, 0.717) is 5.82 Å². The van der Waals surface area contributed by atoms with Crippen LogP contribution >= 0.6 is 0 Å². The monoisotopic (exact) mass is 255 g/mol. The molecule has 5 nitrogen and oxygen atoms in total. The number of nitrogens with zero attached hydrogens (tertiary/aromatic N) is 4. The Kier molecular flexibility index (Phi) is 2.74. The Hall–Kier alpha value is -2.30. The molecule has 2 aromatic rings. The maximum absolute atomic E-state index is 5.99. The van der Waals surface area contributed by atoms with Crippen molar-refractivity contribution in [1.82, 2.24) is 14.7 Å². The number of hydrogen-bond donors (Lipinski definition) is 1. The third kappa shape index (κ3) is 1.97. The molecule has 1 aromatic carbocycles. The maximum atomic E-state index is 5.99. The van der Waals surface area contributed by atoms with Crippen LogP contribution in [0.25, 0.3) is 11.1 Å². The molecule has 0 bridgehead atoms. The van der Waals surface area contributed by atoms with E-state index >= 15 is 0 Å². The van der Waals surface area contributed by atoms with Gasteiger partial charge in [-0.15, -0.1) is 0 Å². The molecule has 0 saturated heterocycles. The number of likely N-dealkylation sites (N-methyl/N-ethyl adjacent to an activating group) is 1. The van der Waals surface area contributed by atoms with E-state index in [1.54, 1.807) is 10.9 Å². The summed E-state index contributed by atoms with van der Waals surface area (Å²) in [6.07, 6.45) is 1.80. The summed E-state index contributed by atoms with van der Waals surface area (Å²) in [7, 11) is 3.91. The summed E-state index contributed by atoms with van der Waals surface area (Å²) >= 11 is 0. The first-order valence-corrected chi connectivity index (χ1v) is 6.30. The van der Waals surface area contributed by atoms with Gasteiger partial charge in [-0.3, -0.25) is 9.67 Å². The van der Waals surface area contributed by atoms with Gasteiger partial charge in [0.15, 0.2) is 0 Å². The third-order valence-electron chi connectivity index (χ3n) is 3.50. The van der Waals surface area contributed by atoms with E-state index in [-0.39, 0.29) is 0 Å². The maximum Gasteiger partial charge on any atom is 0.130 e. The molecule has 1 aromatic heterocycles. The van der Waals surface area contributed by atoms with Crippen LogP contribution in [-0.2, 0) is 7.05 Å². The summed E-state index contributed by atoms with van der Waals surface area (Å²) in [5.74, 6) is 1.74. The van der Waals surface area contributed by atoms with E-state index in [1.807, 2.05) is 7.05 Å². The summed E-state index contributed by atoms with van der Waals surface area (Å²) in [4.78, 5) is 6.69. The van der Waals surface area contributed by atoms with Crippen LogP contribution in [0.2, 0.25) is 0 Å². The molecular weight excluding hydrogens is 238 g/mol. The van der Waals surface area contributed by atoms with Crippen LogP contribution in [0.4, 0.5) is 5.82 Å². The molecule has 0 saturated carbocycles. The zero-order chi connectivity index (χ0) is 13.4. The SMILES string of the molecule is CN1CCN=C1c1ccc(-c2cnn(C)c2N)cc1. The number of rotatable bonds is 2. The normalized spacial score (nSPS) is 14.8. The minimum Gasteiger partial charge on any atom is -0.383 e. The Morgan fingerprint density at radius 1 is 1.11 bits per heavy atom. The summed E-state index contributed by atoms with van der Waals surface area (Å²) in [6.45, 7) is 1.87. The van der Waals surface area contributed by atoms with Crippen LogP contribution in [0.1, 0.15) is 5.56 Å². The lowest BCUT2D eigenvalue weighted by molar-refractivity contribution is 0.557. The minimum atomic E-state index is 0.683. The van der Waals surface area contributed by atoms with Gasteiger partial charge in [-0.05, 0) is 5.56 Å². The van der Waals surface area contributed by atoms with Gasteiger partial charge in [0.2, 0.25) is 0 Å². The third-order valence-corrected chi connectivity index (χ3v) is 3.50. The molecule has 0 radical (unpaired) electrons. The minimum absolute atomic E-state index is 0.683. The van der Waals surface area contributed by atoms with Crippen molar-refractivity contribution in [3.63, 3.8) is 0 Å². The molecule has 1 aliphatic rings. The molecule has 98 valence electrons. The van der Waals surface area contributed by atoms with Crippen LogP contribution in [-0.4, -0.2) is 40.7 Å². The number of anilines is 1. The number of aromatic nitrogens is 2. The largest absolute Gasteiger partial charge is 0.383 e. The Morgan fingerprint density at radius 3 is 2.32 bits per heavy atom. The van der Waals surface area contributed by atoms with Crippen molar-refractivity contribution in [1.29, 1.82) is 0 Å². The topological polar surface area (TPSA) is 59.4 Å². The van der Waals surface area contributed by atoms with Crippen LogP contribution in [0.15, 0.2) is 35.5 Å². The van der Waals surface area contributed by atoms with E-state index in [0.717, 1.165) is 35.6 Å². The van der Waals surface area contributed by atoms with Gasteiger partial charge in [0.25, 0.3) is 0 Å². The van der Waals surface area contributed by atoms with E-state index in [4.69, 9.17) is 5.73 Å². The molecule has 5 heteroatoms. The van der Waals surface area contributed by atoms with Crippen molar-refractivity contribution >= 4 is 11.7 Å². The molecule has 0 atom stereocenters. The lowest BCUT2D eigenvalue weighted by atomic mass is 10.1. The van der Waals surface area contributed by atoms with Crippen molar-refractivity contribution < 1.29 is 0 Å². The average molecular weight is 255 g/mol. The first kappa shape index (κ1) is 11.8. The van der Waals surface area contributed by atoms with Crippen molar-refractivity contribution in [2.24, 2.45) is 12.0 Å². The molecule has 3 rings (SSSR count). The Labute approximate surface area is 112 Å². The lowest BCUT2D eigenvalue weighted by Crippen LogP contribution is -2.23. The fraction of sp³-hybridized carbons (Fsp3) is 0.286. The van der Waals surface area contributed by atoms with Gasteiger partial charge in [0.05, 0.1) is 12.7 Å². The van der Waals surface area contributed by atoms with E-state index in [1.165, 1.54) is 0 Å². The van der Waals surface area contributed by atoms with Crippen LogP contribution < -0.4 is 5.73 Å². The number of hydrogen-bond acceptors (Lipinski definition) is 4. The number of benzene rings is 1. The highest BCUT2D eigenvalue weighted by molar-refractivity contribution is 6.00. The Bertz CT molecular complexity index is 624. The van der Waals surface area contributed by atoms with Gasteiger partial charge < -0.3 is 10.6 Å². The van der Waals surface area contributed by atoms with Gasteiger partial charge in [-0.2, -0.15) is 5.10 Å². The summed E-state index contributed by atoms with van der Waals surface area (Å²) in [6, 6.07) is 8.31. The fourth-order valence-corrected chi connectivity index (χ4v) is 2.31. The van der Waals surface area contributed by atoms with E-state index in [2.05, 4.69) is 46.3 Å². The molecule has 0 amide bonds. The molecule has 0 aliphatic carbocycles. The Balaban J connectivity index is 1.93. The number of nitrogens with two attached hydrogens (primary N) is 1. The number of amidine groups is 1. The quantitative estimate of drug-likeness (QED) is 0.881. The second-order valence-corrected chi connectivity index (χ2v) is 4.77. The van der Waals surface area contributed by atoms with Gasteiger partial charge >= 0.3 is 0 Å². The standard InChI is InChI=1S/C14H17N5/c1-18-8-7-16-14(18)11-5-3-10(4-6-11)12-9-17-19(2)13(12)15/h3-6,9H,7-8,15H2,1-2H3. The lowest BCUT2D eigenvalue weighted by Gasteiger charge is -2.13. The van der Waals surface area contributed by atoms with Crippen LogP contribution in [0.5, 0.6) is 0 Å². The molecule has 1 aliphatic heterocycles. The average Bonchev–Trinajstić information content (AvgIpc) is 2.98. The van der Waals surface area contributed by atoms with E-state index in [9.17, 15) is 0 Å². The molecular formula is C14H17N5. The number of nitrogen functional groups attached to an aromatic ring is 1. The first-order valence-electron chi connectivity index (χ1n) is 6.30.